The van der Waals surface area contributed by atoms with E-state index in [4.69, 9.17) is 9.72 Å². The SMILES string of the molecule is CCC1CC(NC2CC2)(c2nc3c(s2)CCC3)CCO1. The molecule has 4 rings (SSSR count). The van der Waals surface area contributed by atoms with Gasteiger partial charge in [0.25, 0.3) is 0 Å². The van der Waals surface area contributed by atoms with E-state index in [9.17, 15) is 0 Å². The summed E-state index contributed by atoms with van der Waals surface area (Å²) >= 11 is 1.98. The van der Waals surface area contributed by atoms with Gasteiger partial charge in [0.1, 0.15) is 5.01 Å². The van der Waals surface area contributed by atoms with Gasteiger partial charge in [-0.15, -0.1) is 11.3 Å². The second-order valence-electron chi connectivity index (χ2n) is 6.60. The van der Waals surface area contributed by atoms with E-state index >= 15 is 0 Å². The first kappa shape index (κ1) is 13.2. The van der Waals surface area contributed by atoms with Crippen molar-refractivity contribution >= 4 is 11.3 Å². The molecular weight excluding hydrogens is 268 g/mol. The van der Waals surface area contributed by atoms with E-state index in [2.05, 4.69) is 12.2 Å². The summed E-state index contributed by atoms with van der Waals surface area (Å²) in [5, 5.41) is 5.30. The van der Waals surface area contributed by atoms with Crippen molar-refractivity contribution in [2.75, 3.05) is 6.61 Å². The third-order valence-electron chi connectivity index (χ3n) is 4.98. The molecular formula is C16H24N2OS. The van der Waals surface area contributed by atoms with Gasteiger partial charge in [-0.25, -0.2) is 4.98 Å². The number of nitrogens with zero attached hydrogens (tertiary/aromatic N) is 1. The molecule has 1 saturated heterocycles. The zero-order valence-corrected chi connectivity index (χ0v) is 13.1. The van der Waals surface area contributed by atoms with Gasteiger partial charge in [-0.2, -0.15) is 0 Å². The quantitative estimate of drug-likeness (QED) is 0.925. The van der Waals surface area contributed by atoms with Crippen LogP contribution in [0.1, 0.15) is 61.0 Å². The monoisotopic (exact) mass is 292 g/mol. The lowest BCUT2D eigenvalue weighted by Crippen LogP contribution is -2.50. The van der Waals surface area contributed by atoms with Gasteiger partial charge >= 0.3 is 0 Å². The van der Waals surface area contributed by atoms with Crippen molar-refractivity contribution in [3.63, 3.8) is 0 Å². The zero-order chi connectivity index (χ0) is 13.6. The van der Waals surface area contributed by atoms with Crippen LogP contribution in [-0.2, 0) is 23.1 Å². The summed E-state index contributed by atoms with van der Waals surface area (Å²) in [4.78, 5) is 6.59. The van der Waals surface area contributed by atoms with Crippen LogP contribution in [0.3, 0.4) is 0 Å². The zero-order valence-electron chi connectivity index (χ0n) is 12.3. The molecule has 4 heteroatoms. The Balaban J connectivity index is 1.65. The Morgan fingerprint density at radius 2 is 2.30 bits per heavy atom. The Morgan fingerprint density at radius 1 is 1.40 bits per heavy atom. The van der Waals surface area contributed by atoms with Crippen LogP contribution in [0.4, 0.5) is 0 Å². The number of aryl methyl sites for hydroxylation is 2. The second-order valence-corrected chi connectivity index (χ2v) is 7.68. The summed E-state index contributed by atoms with van der Waals surface area (Å²) in [6, 6.07) is 0.726. The van der Waals surface area contributed by atoms with Crippen LogP contribution in [0.5, 0.6) is 0 Å². The molecule has 0 bridgehead atoms. The fourth-order valence-electron chi connectivity index (χ4n) is 3.61. The Labute approximate surface area is 125 Å². The van der Waals surface area contributed by atoms with Crippen LogP contribution in [0.15, 0.2) is 0 Å². The highest BCUT2D eigenvalue weighted by Gasteiger charge is 2.44. The normalized spacial score (nSPS) is 33.4. The molecule has 0 amide bonds. The molecule has 1 aromatic heterocycles. The standard InChI is InChI=1S/C16H24N2OS/c1-2-12-10-16(8-9-19-12,18-11-6-7-11)15-17-13-4-3-5-14(13)20-15/h11-12,18H,2-10H2,1H3. The molecule has 0 radical (unpaired) electrons. The Hall–Kier alpha value is -0.450. The molecule has 1 saturated carbocycles. The van der Waals surface area contributed by atoms with E-state index in [0.717, 1.165) is 31.9 Å². The van der Waals surface area contributed by atoms with Crippen molar-refractivity contribution in [3.05, 3.63) is 15.6 Å². The van der Waals surface area contributed by atoms with E-state index < -0.39 is 0 Å². The minimum Gasteiger partial charge on any atom is -0.378 e. The number of hydrogen-bond donors (Lipinski definition) is 1. The maximum absolute atomic E-state index is 5.92. The average Bonchev–Trinajstić information content (AvgIpc) is 3.00. The van der Waals surface area contributed by atoms with Gasteiger partial charge in [0, 0.05) is 17.5 Å². The number of fused-ring (bicyclic) bond motifs is 1. The lowest BCUT2D eigenvalue weighted by molar-refractivity contribution is -0.0330. The first-order valence-corrected chi connectivity index (χ1v) is 8.99. The van der Waals surface area contributed by atoms with Crippen LogP contribution in [-0.4, -0.2) is 23.7 Å². The van der Waals surface area contributed by atoms with Crippen LogP contribution in [0.25, 0.3) is 0 Å². The van der Waals surface area contributed by atoms with Gasteiger partial charge in [-0.3, -0.25) is 0 Å². The lowest BCUT2D eigenvalue weighted by atomic mass is 9.86. The van der Waals surface area contributed by atoms with Gasteiger partial charge in [-0.1, -0.05) is 6.92 Å². The predicted octanol–water partition coefficient (Wildman–Crippen LogP) is 3.17. The Bertz CT molecular complexity index is 475. The molecule has 20 heavy (non-hydrogen) atoms. The molecule has 2 heterocycles. The fourth-order valence-corrected chi connectivity index (χ4v) is 4.95. The number of hydrogen-bond acceptors (Lipinski definition) is 4. The van der Waals surface area contributed by atoms with Crippen molar-refractivity contribution in [2.45, 2.75) is 76.0 Å². The molecule has 2 fully saturated rings. The Kier molecular flexibility index (Phi) is 3.36. The highest BCUT2D eigenvalue weighted by molar-refractivity contribution is 7.12. The van der Waals surface area contributed by atoms with Crippen LogP contribution in [0.2, 0.25) is 0 Å². The van der Waals surface area contributed by atoms with Gasteiger partial charge < -0.3 is 10.1 Å². The number of rotatable bonds is 4. The summed E-state index contributed by atoms with van der Waals surface area (Å²) in [7, 11) is 0. The maximum atomic E-state index is 5.92. The number of nitrogens with one attached hydrogen (secondary N) is 1. The molecule has 3 aliphatic rings. The number of aromatic nitrogens is 1. The predicted molar refractivity (Wildman–Crippen MR) is 81.2 cm³/mol. The number of ether oxygens (including phenoxy) is 1. The van der Waals surface area contributed by atoms with E-state index in [1.807, 2.05) is 11.3 Å². The van der Waals surface area contributed by atoms with Gasteiger partial charge in [-0.05, 0) is 51.4 Å². The highest BCUT2D eigenvalue weighted by atomic mass is 32.1. The summed E-state index contributed by atoms with van der Waals surface area (Å²) in [6.45, 7) is 3.11. The van der Waals surface area contributed by atoms with E-state index in [-0.39, 0.29) is 5.54 Å². The molecule has 2 unspecified atom stereocenters. The first-order valence-electron chi connectivity index (χ1n) is 8.17. The maximum Gasteiger partial charge on any atom is 0.113 e. The van der Waals surface area contributed by atoms with Gasteiger partial charge in [0.15, 0.2) is 0 Å². The number of thiazole rings is 1. The van der Waals surface area contributed by atoms with Crippen molar-refractivity contribution < 1.29 is 4.74 Å². The van der Waals surface area contributed by atoms with Crippen molar-refractivity contribution in [3.8, 4) is 0 Å². The van der Waals surface area contributed by atoms with Crippen molar-refractivity contribution in [1.82, 2.24) is 10.3 Å². The topological polar surface area (TPSA) is 34.2 Å². The summed E-state index contributed by atoms with van der Waals surface area (Å²) in [5.74, 6) is 0. The molecule has 1 aromatic rings. The molecule has 110 valence electrons. The van der Waals surface area contributed by atoms with E-state index in [1.165, 1.54) is 42.8 Å². The molecule has 0 aromatic carbocycles. The van der Waals surface area contributed by atoms with Crippen molar-refractivity contribution in [2.24, 2.45) is 0 Å². The third kappa shape index (κ3) is 2.32. The summed E-state index contributed by atoms with van der Waals surface area (Å²) < 4.78 is 5.92. The third-order valence-corrected chi connectivity index (χ3v) is 6.34. The van der Waals surface area contributed by atoms with Gasteiger partial charge in [0.2, 0.25) is 0 Å². The second kappa shape index (κ2) is 5.08. The summed E-state index contributed by atoms with van der Waals surface area (Å²) in [5.41, 5.74) is 1.50. The van der Waals surface area contributed by atoms with Crippen molar-refractivity contribution in [1.29, 1.82) is 0 Å². The minimum absolute atomic E-state index is 0.106. The Morgan fingerprint density at radius 3 is 3.05 bits per heavy atom. The lowest BCUT2D eigenvalue weighted by Gasteiger charge is -2.40. The molecule has 3 nitrogen and oxygen atoms in total. The fraction of sp³-hybridized carbons (Fsp3) is 0.812. The minimum atomic E-state index is 0.106. The van der Waals surface area contributed by atoms with Crippen LogP contribution < -0.4 is 5.32 Å². The molecule has 2 aliphatic carbocycles. The largest absolute Gasteiger partial charge is 0.378 e. The first-order chi connectivity index (χ1) is 9.79. The highest BCUT2D eigenvalue weighted by Crippen LogP contribution is 2.42. The molecule has 2 atom stereocenters. The molecule has 1 N–H and O–H groups in total. The van der Waals surface area contributed by atoms with E-state index in [1.54, 1.807) is 4.88 Å². The van der Waals surface area contributed by atoms with Crippen LogP contribution in [0, 0.1) is 0 Å². The summed E-state index contributed by atoms with van der Waals surface area (Å²) in [6.07, 6.45) is 10.1. The van der Waals surface area contributed by atoms with Gasteiger partial charge in [0.05, 0.1) is 17.3 Å². The molecule has 0 spiro atoms. The molecule has 1 aliphatic heterocycles. The smallest absolute Gasteiger partial charge is 0.113 e. The van der Waals surface area contributed by atoms with Crippen LogP contribution >= 0.6 is 11.3 Å². The average molecular weight is 292 g/mol. The van der Waals surface area contributed by atoms with E-state index in [0.29, 0.717) is 6.10 Å².